The zero-order chi connectivity index (χ0) is 17.3. The van der Waals surface area contributed by atoms with E-state index in [1.165, 1.54) is 0 Å². The van der Waals surface area contributed by atoms with Gasteiger partial charge in [-0.2, -0.15) is 25.3 Å². The standard InChI is InChI=1S/C11H19N3O6S2/c12-5(3-21)9(17)14-7(4-22)10(18)13-6(11(19)20)1-2-8(15)16/h5-7,21-22H,1-4,12H2,(H,13,18)(H,14,17)(H,15,16)(H,19,20). The van der Waals surface area contributed by atoms with Gasteiger partial charge in [0, 0.05) is 17.9 Å². The summed E-state index contributed by atoms with van der Waals surface area (Å²) >= 11 is 7.76. The number of carbonyl (C=O) groups is 4. The first-order valence-electron chi connectivity index (χ1n) is 6.25. The highest BCUT2D eigenvalue weighted by Gasteiger charge is 2.27. The molecular weight excluding hydrogens is 334 g/mol. The van der Waals surface area contributed by atoms with E-state index in [1.54, 1.807) is 0 Å². The quantitative estimate of drug-likeness (QED) is 0.226. The maximum atomic E-state index is 11.9. The van der Waals surface area contributed by atoms with Crippen LogP contribution in [0.2, 0.25) is 0 Å². The van der Waals surface area contributed by atoms with E-state index in [0.717, 1.165) is 0 Å². The van der Waals surface area contributed by atoms with Crippen molar-refractivity contribution in [2.45, 2.75) is 31.0 Å². The van der Waals surface area contributed by atoms with Crippen molar-refractivity contribution in [3.05, 3.63) is 0 Å². The minimum Gasteiger partial charge on any atom is -0.481 e. The molecule has 0 saturated carbocycles. The number of carbonyl (C=O) groups excluding carboxylic acids is 2. The Kier molecular flexibility index (Phi) is 9.61. The highest BCUT2D eigenvalue weighted by Crippen LogP contribution is 2.00. The van der Waals surface area contributed by atoms with Gasteiger partial charge in [0.25, 0.3) is 0 Å². The van der Waals surface area contributed by atoms with Gasteiger partial charge in [-0.25, -0.2) is 4.79 Å². The lowest BCUT2D eigenvalue weighted by atomic mass is 10.1. The first-order chi connectivity index (χ1) is 10.2. The Labute approximate surface area is 137 Å². The number of rotatable bonds is 10. The van der Waals surface area contributed by atoms with Gasteiger partial charge in [0.1, 0.15) is 12.1 Å². The summed E-state index contributed by atoms with van der Waals surface area (Å²) in [4.78, 5) is 45.0. The van der Waals surface area contributed by atoms with Gasteiger partial charge < -0.3 is 26.6 Å². The van der Waals surface area contributed by atoms with Crippen molar-refractivity contribution in [3.63, 3.8) is 0 Å². The molecule has 6 N–H and O–H groups in total. The summed E-state index contributed by atoms with van der Waals surface area (Å²) in [6.45, 7) is 0. The number of nitrogens with one attached hydrogen (secondary N) is 2. The van der Waals surface area contributed by atoms with Crippen LogP contribution in [0.25, 0.3) is 0 Å². The van der Waals surface area contributed by atoms with Crippen LogP contribution in [-0.4, -0.2) is 63.6 Å². The maximum absolute atomic E-state index is 11.9. The lowest BCUT2D eigenvalue weighted by molar-refractivity contribution is -0.143. The molecule has 0 saturated heterocycles. The van der Waals surface area contributed by atoms with Gasteiger partial charge in [0.15, 0.2) is 0 Å². The molecule has 0 aliphatic heterocycles. The summed E-state index contributed by atoms with van der Waals surface area (Å²) in [6, 6.07) is -3.38. The predicted octanol–water partition coefficient (Wildman–Crippen LogP) is -1.91. The molecule has 2 amide bonds. The highest BCUT2D eigenvalue weighted by atomic mass is 32.1. The third-order valence-electron chi connectivity index (χ3n) is 2.61. The first-order valence-corrected chi connectivity index (χ1v) is 7.52. The molecule has 0 heterocycles. The molecule has 0 bridgehead atoms. The predicted molar refractivity (Wildman–Crippen MR) is 84.0 cm³/mol. The largest absolute Gasteiger partial charge is 0.481 e. The molecule has 0 aliphatic carbocycles. The Morgan fingerprint density at radius 3 is 1.91 bits per heavy atom. The molecule has 0 aliphatic rings. The van der Waals surface area contributed by atoms with E-state index in [1.807, 2.05) is 0 Å². The van der Waals surface area contributed by atoms with Crippen LogP contribution in [0.5, 0.6) is 0 Å². The molecule has 0 fully saturated rings. The summed E-state index contributed by atoms with van der Waals surface area (Å²) in [5, 5.41) is 22.0. The minimum absolute atomic E-state index is 0.0725. The molecule has 126 valence electrons. The summed E-state index contributed by atoms with van der Waals surface area (Å²) in [5.41, 5.74) is 5.45. The fourth-order valence-electron chi connectivity index (χ4n) is 1.35. The zero-order valence-electron chi connectivity index (χ0n) is 11.6. The average molecular weight is 353 g/mol. The van der Waals surface area contributed by atoms with Crippen LogP contribution in [0.3, 0.4) is 0 Å². The van der Waals surface area contributed by atoms with Crippen molar-refractivity contribution in [3.8, 4) is 0 Å². The smallest absolute Gasteiger partial charge is 0.326 e. The Morgan fingerprint density at radius 1 is 0.955 bits per heavy atom. The van der Waals surface area contributed by atoms with Crippen molar-refractivity contribution in [2.24, 2.45) is 5.73 Å². The van der Waals surface area contributed by atoms with Crippen LogP contribution in [0.1, 0.15) is 12.8 Å². The fourth-order valence-corrected chi connectivity index (χ4v) is 1.78. The molecule has 0 radical (unpaired) electrons. The van der Waals surface area contributed by atoms with Crippen LogP contribution < -0.4 is 16.4 Å². The third kappa shape index (κ3) is 7.52. The molecule has 22 heavy (non-hydrogen) atoms. The number of amides is 2. The van der Waals surface area contributed by atoms with Crippen molar-refractivity contribution in [1.82, 2.24) is 10.6 Å². The average Bonchev–Trinajstić information content (AvgIpc) is 2.46. The van der Waals surface area contributed by atoms with Crippen molar-refractivity contribution >= 4 is 49.0 Å². The van der Waals surface area contributed by atoms with E-state index in [-0.39, 0.29) is 17.9 Å². The number of hydrogen-bond donors (Lipinski definition) is 7. The molecule has 9 nitrogen and oxygen atoms in total. The number of carboxylic acid groups (broad SMARTS) is 2. The monoisotopic (exact) mass is 353 g/mol. The second-order valence-corrected chi connectivity index (χ2v) is 5.09. The number of hydrogen-bond acceptors (Lipinski definition) is 7. The van der Waals surface area contributed by atoms with Crippen molar-refractivity contribution in [2.75, 3.05) is 11.5 Å². The second-order valence-electron chi connectivity index (χ2n) is 4.36. The molecule has 3 unspecified atom stereocenters. The lowest BCUT2D eigenvalue weighted by Crippen LogP contribution is -2.55. The van der Waals surface area contributed by atoms with E-state index >= 15 is 0 Å². The van der Waals surface area contributed by atoms with Crippen LogP contribution in [-0.2, 0) is 19.2 Å². The van der Waals surface area contributed by atoms with Gasteiger partial charge in [0.2, 0.25) is 11.8 Å². The number of aliphatic carboxylic acids is 2. The highest BCUT2D eigenvalue weighted by molar-refractivity contribution is 7.80. The van der Waals surface area contributed by atoms with Gasteiger partial charge in [0.05, 0.1) is 6.04 Å². The maximum Gasteiger partial charge on any atom is 0.326 e. The van der Waals surface area contributed by atoms with E-state index in [4.69, 9.17) is 15.9 Å². The van der Waals surface area contributed by atoms with Gasteiger partial charge >= 0.3 is 11.9 Å². The lowest BCUT2D eigenvalue weighted by Gasteiger charge is -2.21. The van der Waals surface area contributed by atoms with Crippen LogP contribution in [0.4, 0.5) is 0 Å². The van der Waals surface area contributed by atoms with E-state index in [0.29, 0.717) is 0 Å². The van der Waals surface area contributed by atoms with Crippen molar-refractivity contribution < 1.29 is 29.4 Å². The number of carboxylic acids is 2. The SMILES string of the molecule is NC(CS)C(=O)NC(CS)C(=O)NC(CCC(=O)O)C(=O)O. The first kappa shape index (κ1) is 20.5. The molecule has 3 atom stereocenters. The number of thiol groups is 2. The summed E-state index contributed by atoms with van der Waals surface area (Å²) in [6.07, 6.45) is -0.695. The Balaban J connectivity index is 4.70. The Hall–Kier alpha value is -1.46. The van der Waals surface area contributed by atoms with Crippen molar-refractivity contribution in [1.29, 1.82) is 0 Å². The van der Waals surface area contributed by atoms with Gasteiger partial charge in [-0.3, -0.25) is 14.4 Å². The fraction of sp³-hybridized carbons (Fsp3) is 0.636. The summed E-state index contributed by atoms with van der Waals surface area (Å²) in [5.74, 6) is -3.97. The van der Waals surface area contributed by atoms with E-state index in [2.05, 4.69) is 35.9 Å². The third-order valence-corrected chi connectivity index (χ3v) is 3.37. The number of nitrogens with two attached hydrogens (primary N) is 1. The zero-order valence-corrected chi connectivity index (χ0v) is 13.3. The minimum atomic E-state index is -1.37. The van der Waals surface area contributed by atoms with Crippen LogP contribution >= 0.6 is 25.3 Å². The second kappa shape index (κ2) is 10.3. The Morgan fingerprint density at radius 2 is 1.50 bits per heavy atom. The van der Waals surface area contributed by atoms with Gasteiger partial charge in [-0.1, -0.05) is 0 Å². The molecule has 11 heteroatoms. The van der Waals surface area contributed by atoms with Crippen LogP contribution in [0, 0.1) is 0 Å². The van der Waals surface area contributed by atoms with E-state index in [9.17, 15) is 19.2 Å². The molecule has 0 spiro atoms. The molecular formula is C11H19N3O6S2. The Bertz CT molecular complexity index is 434. The molecule has 0 aromatic rings. The molecule has 0 aromatic heterocycles. The van der Waals surface area contributed by atoms with E-state index < -0.39 is 48.3 Å². The molecule has 0 aromatic carbocycles. The van der Waals surface area contributed by atoms with Gasteiger partial charge in [-0.05, 0) is 6.42 Å². The normalized spacial score (nSPS) is 14.5. The van der Waals surface area contributed by atoms with Crippen LogP contribution in [0.15, 0.2) is 0 Å². The molecule has 0 rings (SSSR count). The summed E-state index contributed by atoms with van der Waals surface area (Å²) in [7, 11) is 0. The van der Waals surface area contributed by atoms with Gasteiger partial charge in [-0.15, -0.1) is 0 Å². The summed E-state index contributed by atoms with van der Waals surface area (Å²) < 4.78 is 0. The topological polar surface area (TPSA) is 159 Å².